The number of ether oxygens (including phenoxy) is 1. The normalized spacial score (nSPS) is 20.6. The van der Waals surface area contributed by atoms with Crippen LogP contribution in [0.5, 0.6) is 5.75 Å². The minimum Gasteiger partial charge on any atom is -0.494 e. The van der Waals surface area contributed by atoms with Crippen LogP contribution in [0.4, 0.5) is 0 Å². The van der Waals surface area contributed by atoms with Crippen molar-refractivity contribution in [2.24, 2.45) is 11.8 Å². The molecule has 0 heterocycles. The summed E-state index contributed by atoms with van der Waals surface area (Å²) < 4.78 is 5.95. The first-order valence-electron chi connectivity index (χ1n) is 11.0. The molecule has 25 heavy (non-hydrogen) atoms. The van der Waals surface area contributed by atoms with Gasteiger partial charge in [-0.25, -0.2) is 0 Å². The van der Waals surface area contributed by atoms with E-state index in [0.29, 0.717) is 0 Å². The summed E-state index contributed by atoms with van der Waals surface area (Å²) in [6, 6.07) is 8.78. The van der Waals surface area contributed by atoms with Gasteiger partial charge in [-0.05, 0) is 55.2 Å². The predicted octanol–water partition coefficient (Wildman–Crippen LogP) is 7.57. The van der Waals surface area contributed by atoms with E-state index in [-0.39, 0.29) is 0 Å². The van der Waals surface area contributed by atoms with E-state index in [0.717, 1.165) is 24.2 Å². The maximum Gasteiger partial charge on any atom is 0.119 e. The van der Waals surface area contributed by atoms with Crippen LogP contribution in [0.25, 0.3) is 0 Å². The molecule has 1 nitrogen and oxygen atoms in total. The molecule has 0 spiro atoms. The fourth-order valence-electron chi connectivity index (χ4n) is 4.20. The fraction of sp³-hybridized carbons (Fsp3) is 0.750. The Balaban J connectivity index is 1.54. The van der Waals surface area contributed by atoms with Gasteiger partial charge in [0.25, 0.3) is 0 Å². The van der Waals surface area contributed by atoms with E-state index >= 15 is 0 Å². The summed E-state index contributed by atoms with van der Waals surface area (Å²) in [6.45, 7) is 5.45. The lowest BCUT2D eigenvalue weighted by Crippen LogP contribution is -2.15. The van der Waals surface area contributed by atoms with Crippen molar-refractivity contribution >= 4 is 0 Å². The monoisotopic (exact) mass is 344 g/mol. The molecule has 0 N–H and O–H groups in total. The lowest BCUT2D eigenvalue weighted by molar-refractivity contribution is 0.228. The molecule has 1 heteroatoms. The van der Waals surface area contributed by atoms with E-state index in [2.05, 4.69) is 38.1 Å². The van der Waals surface area contributed by atoms with E-state index in [1.54, 1.807) is 0 Å². The maximum atomic E-state index is 5.95. The van der Waals surface area contributed by atoms with Crippen LogP contribution in [0, 0.1) is 11.8 Å². The zero-order valence-corrected chi connectivity index (χ0v) is 16.8. The highest BCUT2D eigenvalue weighted by Gasteiger charge is 2.20. The van der Waals surface area contributed by atoms with Crippen molar-refractivity contribution in [1.29, 1.82) is 0 Å². The van der Waals surface area contributed by atoms with Gasteiger partial charge >= 0.3 is 0 Å². The molecule has 1 aliphatic rings. The van der Waals surface area contributed by atoms with Crippen molar-refractivity contribution in [3.63, 3.8) is 0 Å². The highest BCUT2D eigenvalue weighted by atomic mass is 16.5. The molecule has 1 aliphatic carbocycles. The molecular weight excluding hydrogens is 304 g/mol. The Morgan fingerprint density at radius 1 is 0.760 bits per heavy atom. The van der Waals surface area contributed by atoms with Crippen molar-refractivity contribution in [3.05, 3.63) is 29.8 Å². The van der Waals surface area contributed by atoms with Gasteiger partial charge in [0.2, 0.25) is 0 Å². The SMILES string of the molecule is CCCCCc1ccc(OCCCC2CCC(CCCC)CC2)cc1. The number of hydrogen-bond acceptors (Lipinski definition) is 1. The Labute approximate surface area is 156 Å². The first-order valence-corrected chi connectivity index (χ1v) is 11.0. The molecule has 1 fully saturated rings. The van der Waals surface area contributed by atoms with Gasteiger partial charge in [0.1, 0.15) is 5.75 Å². The molecule has 0 radical (unpaired) electrons. The highest BCUT2D eigenvalue weighted by molar-refractivity contribution is 5.27. The van der Waals surface area contributed by atoms with Crippen LogP contribution < -0.4 is 4.74 Å². The Bertz CT molecular complexity index is 428. The molecule has 1 saturated carbocycles. The van der Waals surface area contributed by atoms with E-state index in [1.165, 1.54) is 89.0 Å². The Morgan fingerprint density at radius 3 is 1.96 bits per heavy atom. The average Bonchev–Trinajstić information content (AvgIpc) is 2.66. The number of unbranched alkanes of at least 4 members (excludes halogenated alkanes) is 3. The molecule has 1 aromatic rings. The average molecular weight is 345 g/mol. The van der Waals surface area contributed by atoms with E-state index in [1.807, 2.05) is 0 Å². The second-order valence-corrected chi connectivity index (χ2v) is 8.12. The lowest BCUT2D eigenvalue weighted by Gasteiger charge is -2.28. The minimum absolute atomic E-state index is 0.880. The summed E-state index contributed by atoms with van der Waals surface area (Å²) >= 11 is 0. The second kappa shape index (κ2) is 12.4. The summed E-state index contributed by atoms with van der Waals surface area (Å²) in [5.74, 6) is 3.04. The van der Waals surface area contributed by atoms with Gasteiger partial charge in [0.05, 0.1) is 6.61 Å². The Morgan fingerprint density at radius 2 is 1.36 bits per heavy atom. The topological polar surface area (TPSA) is 9.23 Å². The summed E-state index contributed by atoms with van der Waals surface area (Å²) in [4.78, 5) is 0. The summed E-state index contributed by atoms with van der Waals surface area (Å²) in [7, 11) is 0. The molecule has 0 aliphatic heterocycles. The first kappa shape index (κ1) is 20.3. The summed E-state index contributed by atoms with van der Waals surface area (Å²) in [5.41, 5.74) is 1.45. The van der Waals surface area contributed by atoms with Crippen molar-refractivity contribution in [2.45, 2.75) is 97.3 Å². The van der Waals surface area contributed by atoms with Crippen LogP contribution >= 0.6 is 0 Å². The van der Waals surface area contributed by atoms with Crippen molar-refractivity contribution in [1.82, 2.24) is 0 Å². The molecule has 1 aromatic carbocycles. The van der Waals surface area contributed by atoms with Crippen LogP contribution in [0.2, 0.25) is 0 Å². The predicted molar refractivity (Wildman–Crippen MR) is 109 cm³/mol. The van der Waals surface area contributed by atoms with Crippen LogP contribution in [-0.4, -0.2) is 6.61 Å². The molecule has 0 amide bonds. The van der Waals surface area contributed by atoms with Crippen molar-refractivity contribution in [2.75, 3.05) is 6.61 Å². The highest BCUT2D eigenvalue weighted by Crippen LogP contribution is 2.34. The minimum atomic E-state index is 0.880. The first-order chi connectivity index (χ1) is 12.3. The Kier molecular flexibility index (Phi) is 10.1. The third-order valence-electron chi connectivity index (χ3n) is 5.95. The molecule has 0 atom stereocenters. The maximum absolute atomic E-state index is 5.95. The van der Waals surface area contributed by atoms with Gasteiger partial charge in [-0.1, -0.05) is 83.8 Å². The molecule has 142 valence electrons. The summed E-state index contributed by atoms with van der Waals surface area (Å²) in [5, 5.41) is 0. The van der Waals surface area contributed by atoms with E-state index in [4.69, 9.17) is 4.74 Å². The third-order valence-corrected chi connectivity index (χ3v) is 5.95. The zero-order chi connectivity index (χ0) is 17.7. The van der Waals surface area contributed by atoms with Crippen molar-refractivity contribution < 1.29 is 4.74 Å². The lowest BCUT2D eigenvalue weighted by atomic mass is 9.78. The van der Waals surface area contributed by atoms with Gasteiger partial charge in [-0.3, -0.25) is 0 Å². The molecule has 2 rings (SSSR count). The largest absolute Gasteiger partial charge is 0.494 e. The van der Waals surface area contributed by atoms with Gasteiger partial charge in [0.15, 0.2) is 0 Å². The number of rotatable bonds is 12. The molecule has 0 aromatic heterocycles. The molecule has 0 saturated heterocycles. The van der Waals surface area contributed by atoms with Crippen LogP contribution in [0.3, 0.4) is 0 Å². The molecule has 0 bridgehead atoms. The van der Waals surface area contributed by atoms with Crippen LogP contribution in [0.15, 0.2) is 24.3 Å². The van der Waals surface area contributed by atoms with Gasteiger partial charge in [0, 0.05) is 0 Å². The van der Waals surface area contributed by atoms with Crippen LogP contribution in [-0.2, 0) is 6.42 Å². The smallest absolute Gasteiger partial charge is 0.119 e. The van der Waals surface area contributed by atoms with Gasteiger partial charge in [-0.15, -0.1) is 0 Å². The number of benzene rings is 1. The number of aryl methyl sites for hydroxylation is 1. The van der Waals surface area contributed by atoms with E-state index < -0.39 is 0 Å². The quantitative estimate of drug-likeness (QED) is 0.355. The zero-order valence-electron chi connectivity index (χ0n) is 16.8. The molecule has 0 unspecified atom stereocenters. The van der Waals surface area contributed by atoms with Crippen LogP contribution in [0.1, 0.15) is 96.5 Å². The number of hydrogen-bond donors (Lipinski definition) is 0. The van der Waals surface area contributed by atoms with Crippen molar-refractivity contribution in [3.8, 4) is 5.75 Å². The van der Waals surface area contributed by atoms with Gasteiger partial charge in [-0.2, -0.15) is 0 Å². The second-order valence-electron chi connectivity index (χ2n) is 8.12. The summed E-state index contributed by atoms with van der Waals surface area (Å²) in [6.07, 6.45) is 17.8. The van der Waals surface area contributed by atoms with Gasteiger partial charge < -0.3 is 4.74 Å². The fourth-order valence-corrected chi connectivity index (χ4v) is 4.20. The van der Waals surface area contributed by atoms with E-state index in [9.17, 15) is 0 Å². The Hall–Kier alpha value is -0.980. The standard InChI is InChI=1S/C24H40O/c1-3-5-7-10-22-16-18-24(19-17-22)25-20-8-11-23-14-12-21(13-15-23)9-6-4-2/h16-19,21,23H,3-15,20H2,1-2H3. The molecular formula is C24H40O. The third kappa shape index (κ3) is 8.29.